The lowest BCUT2D eigenvalue weighted by atomic mass is 10.0. The molecule has 284 valence electrons. The maximum atomic E-state index is 12.4. The molecule has 0 aliphatic rings. The van der Waals surface area contributed by atoms with Crippen molar-refractivity contribution in [3.05, 3.63) is 24.3 Å². The predicted molar refractivity (Wildman–Crippen MR) is 208 cm³/mol. The average molecular weight is 678 g/mol. The van der Waals surface area contributed by atoms with E-state index in [0.29, 0.717) is 6.42 Å². The number of aliphatic hydroxyl groups is 3. The van der Waals surface area contributed by atoms with E-state index in [1.54, 1.807) is 6.08 Å². The molecule has 0 heterocycles. The Bertz CT molecular complexity index is 709. The van der Waals surface area contributed by atoms with E-state index in [9.17, 15) is 20.1 Å². The van der Waals surface area contributed by atoms with Crippen molar-refractivity contribution in [3.8, 4) is 0 Å². The fraction of sp³-hybridized carbons (Fsp3) is 0.884. The zero-order valence-electron chi connectivity index (χ0n) is 32.1. The van der Waals surface area contributed by atoms with Crippen LogP contribution in [0, 0.1) is 0 Å². The van der Waals surface area contributed by atoms with Crippen molar-refractivity contribution in [2.24, 2.45) is 0 Å². The van der Waals surface area contributed by atoms with E-state index in [1.807, 2.05) is 6.08 Å². The quantitative estimate of drug-likeness (QED) is 0.0387. The molecule has 5 nitrogen and oxygen atoms in total. The lowest BCUT2D eigenvalue weighted by molar-refractivity contribution is -0.124. The number of allylic oxidation sites excluding steroid dienone is 3. The highest BCUT2D eigenvalue weighted by Gasteiger charge is 2.20. The maximum absolute atomic E-state index is 12.4. The summed E-state index contributed by atoms with van der Waals surface area (Å²) in [6.45, 7) is 4.15. The number of hydrogen-bond acceptors (Lipinski definition) is 4. The van der Waals surface area contributed by atoms with Gasteiger partial charge in [-0.05, 0) is 32.1 Å². The Morgan fingerprint density at radius 1 is 0.521 bits per heavy atom. The monoisotopic (exact) mass is 678 g/mol. The van der Waals surface area contributed by atoms with Gasteiger partial charge in [0, 0.05) is 0 Å². The van der Waals surface area contributed by atoms with Crippen LogP contribution >= 0.6 is 0 Å². The molecular formula is C43H83NO4. The predicted octanol–water partition coefficient (Wildman–Crippen LogP) is 11.8. The number of carbonyl (C=O) groups is 1. The summed E-state index contributed by atoms with van der Waals surface area (Å²) in [5.74, 6) is -0.326. The molecule has 0 aromatic heterocycles. The molecular weight excluding hydrogens is 594 g/mol. The summed E-state index contributed by atoms with van der Waals surface area (Å²) in [6.07, 6.45) is 46.3. The number of amides is 1. The Morgan fingerprint density at radius 3 is 1.33 bits per heavy atom. The summed E-state index contributed by atoms with van der Waals surface area (Å²) < 4.78 is 0. The lowest BCUT2D eigenvalue weighted by Crippen LogP contribution is -2.45. The summed E-state index contributed by atoms with van der Waals surface area (Å²) in [6, 6.07) is -0.755. The summed E-state index contributed by atoms with van der Waals surface area (Å²) >= 11 is 0. The van der Waals surface area contributed by atoms with Gasteiger partial charge in [0.25, 0.3) is 0 Å². The van der Waals surface area contributed by atoms with Crippen molar-refractivity contribution in [2.45, 2.75) is 238 Å². The minimum atomic E-state index is -0.946. The van der Waals surface area contributed by atoms with E-state index in [2.05, 4.69) is 31.3 Å². The first-order chi connectivity index (χ1) is 23.5. The SMILES string of the molecule is CCCCC/C=C/CC/C=C/C(O)C(CO)NC(=O)CC(O)CCCCCCCCCCCCCCCCCCCCCCCCCC. The van der Waals surface area contributed by atoms with E-state index >= 15 is 0 Å². The van der Waals surface area contributed by atoms with E-state index in [4.69, 9.17) is 0 Å². The van der Waals surface area contributed by atoms with Gasteiger partial charge in [0.05, 0.1) is 31.3 Å². The first kappa shape index (κ1) is 46.8. The van der Waals surface area contributed by atoms with Crippen molar-refractivity contribution in [3.63, 3.8) is 0 Å². The van der Waals surface area contributed by atoms with Crippen molar-refractivity contribution < 1.29 is 20.1 Å². The molecule has 0 saturated carbocycles. The smallest absolute Gasteiger partial charge is 0.222 e. The minimum absolute atomic E-state index is 0.00905. The minimum Gasteiger partial charge on any atom is -0.394 e. The van der Waals surface area contributed by atoms with E-state index in [-0.39, 0.29) is 18.9 Å². The van der Waals surface area contributed by atoms with Crippen LogP contribution in [0.3, 0.4) is 0 Å². The maximum Gasteiger partial charge on any atom is 0.222 e. The molecule has 5 heteroatoms. The Morgan fingerprint density at radius 2 is 0.896 bits per heavy atom. The molecule has 0 bridgehead atoms. The summed E-state index contributed by atoms with van der Waals surface area (Å²) in [7, 11) is 0. The molecule has 3 unspecified atom stereocenters. The number of unbranched alkanes of at least 4 members (excludes halogenated alkanes) is 27. The molecule has 0 saturated heterocycles. The van der Waals surface area contributed by atoms with Gasteiger partial charge in [0.1, 0.15) is 0 Å². The first-order valence-electron chi connectivity index (χ1n) is 21.1. The molecule has 0 rings (SSSR count). The number of rotatable bonds is 38. The van der Waals surface area contributed by atoms with Gasteiger partial charge < -0.3 is 20.6 Å². The normalized spacial score (nSPS) is 13.9. The van der Waals surface area contributed by atoms with Crippen LogP contribution in [0.15, 0.2) is 24.3 Å². The van der Waals surface area contributed by atoms with Crippen LogP contribution in [-0.4, -0.2) is 46.1 Å². The van der Waals surface area contributed by atoms with E-state index < -0.39 is 18.2 Å². The molecule has 0 fully saturated rings. The van der Waals surface area contributed by atoms with Crippen LogP contribution in [0.4, 0.5) is 0 Å². The van der Waals surface area contributed by atoms with Crippen LogP contribution in [-0.2, 0) is 4.79 Å². The summed E-state index contributed by atoms with van der Waals surface area (Å²) in [5.41, 5.74) is 0. The van der Waals surface area contributed by atoms with Crippen molar-refractivity contribution in [1.82, 2.24) is 5.32 Å². The third-order valence-electron chi connectivity index (χ3n) is 9.74. The van der Waals surface area contributed by atoms with E-state index in [1.165, 1.54) is 161 Å². The van der Waals surface area contributed by atoms with Crippen molar-refractivity contribution >= 4 is 5.91 Å². The number of carbonyl (C=O) groups excluding carboxylic acids is 1. The fourth-order valence-electron chi connectivity index (χ4n) is 6.47. The van der Waals surface area contributed by atoms with E-state index in [0.717, 1.165) is 32.1 Å². The van der Waals surface area contributed by atoms with Gasteiger partial charge in [-0.25, -0.2) is 0 Å². The molecule has 1 amide bonds. The first-order valence-corrected chi connectivity index (χ1v) is 21.1. The van der Waals surface area contributed by atoms with Crippen molar-refractivity contribution in [1.29, 1.82) is 0 Å². The molecule has 48 heavy (non-hydrogen) atoms. The van der Waals surface area contributed by atoms with Crippen molar-refractivity contribution in [2.75, 3.05) is 6.61 Å². The standard InChI is InChI=1S/C43H83NO4/c1-3-5-7-9-11-13-14-15-16-17-18-19-20-21-22-23-24-25-26-27-29-30-32-34-36-40(46)38-43(48)44-41(39-45)42(47)37-35-33-31-28-12-10-8-6-4-2/h12,28,35,37,40-42,45-47H,3-11,13-27,29-34,36,38-39H2,1-2H3,(H,44,48)/b28-12+,37-35+. The topological polar surface area (TPSA) is 89.8 Å². The van der Waals surface area contributed by atoms with Gasteiger partial charge in [-0.15, -0.1) is 0 Å². The van der Waals surface area contributed by atoms with Gasteiger partial charge in [-0.3, -0.25) is 4.79 Å². The largest absolute Gasteiger partial charge is 0.394 e. The molecule has 4 N–H and O–H groups in total. The van der Waals surface area contributed by atoms with Gasteiger partial charge in [0.15, 0.2) is 0 Å². The zero-order chi connectivity index (χ0) is 35.2. The van der Waals surface area contributed by atoms with Gasteiger partial charge in [-0.2, -0.15) is 0 Å². The number of hydrogen-bond donors (Lipinski definition) is 4. The third-order valence-corrected chi connectivity index (χ3v) is 9.74. The molecule has 0 aromatic rings. The fourth-order valence-corrected chi connectivity index (χ4v) is 6.47. The second-order valence-electron chi connectivity index (χ2n) is 14.6. The number of aliphatic hydroxyl groups excluding tert-OH is 3. The molecule has 0 aromatic carbocycles. The summed E-state index contributed by atoms with van der Waals surface area (Å²) in [4.78, 5) is 12.4. The van der Waals surface area contributed by atoms with Crippen LogP contribution < -0.4 is 5.32 Å². The third kappa shape index (κ3) is 34.7. The molecule has 0 radical (unpaired) electrons. The lowest BCUT2D eigenvalue weighted by Gasteiger charge is -2.21. The average Bonchev–Trinajstić information content (AvgIpc) is 3.08. The Labute approximate surface area is 299 Å². The second kappa shape index (κ2) is 38.6. The van der Waals surface area contributed by atoms with Gasteiger partial charge in [-0.1, -0.05) is 205 Å². The molecule has 3 atom stereocenters. The van der Waals surface area contributed by atoms with Crippen LogP contribution in [0.1, 0.15) is 219 Å². The Hall–Kier alpha value is -1.17. The highest BCUT2D eigenvalue weighted by atomic mass is 16.3. The Kier molecular flexibility index (Phi) is 37.7. The van der Waals surface area contributed by atoms with Crippen LogP contribution in [0.25, 0.3) is 0 Å². The highest BCUT2D eigenvalue weighted by molar-refractivity contribution is 5.76. The highest BCUT2D eigenvalue weighted by Crippen LogP contribution is 2.16. The number of nitrogens with one attached hydrogen (secondary N) is 1. The molecule has 0 aliphatic carbocycles. The van der Waals surface area contributed by atoms with Crippen LogP contribution in [0.2, 0.25) is 0 Å². The second-order valence-corrected chi connectivity index (χ2v) is 14.6. The molecule has 0 spiro atoms. The Balaban J connectivity index is 3.55. The van der Waals surface area contributed by atoms with Gasteiger partial charge >= 0.3 is 0 Å². The van der Waals surface area contributed by atoms with Gasteiger partial charge in [0.2, 0.25) is 5.91 Å². The molecule has 0 aliphatic heterocycles. The van der Waals surface area contributed by atoms with Crippen LogP contribution in [0.5, 0.6) is 0 Å². The summed E-state index contributed by atoms with van der Waals surface area (Å²) in [5, 5.41) is 33.0. The zero-order valence-corrected chi connectivity index (χ0v) is 32.1.